The van der Waals surface area contributed by atoms with Crippen LogP contribution in [-0.2, 0) is 14.1 Å². The van der Waals surface area contributed by atoms with Crippen LogP contribution in [0.3, 0.4) is 0 Å². The summed E-state index contributed by atoms with van der Waals surface area (Å²) in [6.07, 6.45) is 0. The molecule has 0 saturated heterocycles. The first-order valence-corrected chi connectivity index (χ1v) is 5.43. The zero-order valence-corrected chi connectivity index (χ0v) is 10.8. The number of hydrogen-bond acceptors (Lipinski definition) is 2. The van der Waals surface area contributed by atoms with Gasteiger partial charge in [-0.25, -0.2) is 9.97 Å². The molecule has 2 heterocycles. The highest BCUT2D eigenvalue weighted by Crippen LogP contribution is 2.21. The smallest absolute Gasteiger partial charge is 0.176 e. The van der Waals surface area contributed by atoms with E-state index in [0.29, 0.717) is 0 Å². The van der Waals surface area contributed by atoms with E-state index in [1.807, 2.05) is 27.9 Å². The molecule has 0 unspecified atom stereocenters. The normalized spacial score (nSPS) is 11.1. The lowest BCUT2D eigenvalue weighted by molar-refractivity contribution is 0.827. The predicted octanol–water partition coefficient (Wildman–Crippen LogP) is 2.05. The summed E-state index contributed by atoms with van der Waals surface area (Å²) in [5.74, 6) is 1.88. The second-order valence-electron chi connectivity index (χ2n) is 4.33. The third-order valence-electron chi connectivity index (χ3n) is 3.44. The van der Waals surface area contributed by atoms with Gasteiger partial charge in [0.1, 0.15) is 0 Å². The molecule has 2 rings (SSSR count). The van der Waals surface area contributed by atoms with Gasteiger partial charge in [0.2, 0.25) is 0 Å². The van der Waals surface area contributed by atoms with Gasteiger partial charge in [-0.2, -0.15) is 0 Å². The molecule has 0 atom stereocenters. The third-order valence-corrected chi connectivity index (χ3v) is 3.44. The van der Waals surface area contributed by atoms with Crippen LogP contribution in [-0.4, -0.2) is 19.1 Å². The quantitative estimate of drug-likeness (QED) is 0.734. The van der Waals surface area contributed by atoms with Crippen LogP contribution in [0.4, 0.5) is 0 Å². The van der Waals surface area contributed by atoms with E-state index in [2.05, 4.69) is 32.9 Å². The first-order chi connectivity index (χ1) is 7.43. The molecule has 2 aromatic rings. The Balaban J connectivity index is 2.68. The lowest BCUT2D eigenvalue weighted by Gasteiger charge is -2.04. The van der Waals surface area contributed by atoms with Gasteiger partial charge < -0.3 is 9.13 Å². The largest absolute Gasteiger partial charge is 0.329 e. The van der Waals surface area contributed by atoms with E-state index in [9.17, 15) is 0 Å². The van der Waals surface area contributed by atoms with E-state index < -0.39 is 0 Å². The fourth-order valence-corrected chi connectivity index (χ4v) is 1.83. The lowest BCUT2D eigenvalue weighted by atomic mass is 10.4. The molecule has 0 spiro atoms. The second kappa shape index (κ2) is 3.47. The van der Waals surface area contributed by atoms with Crippen LogP contribution < -0.4 is 0 Å². The predicted molar refractivity (Wildman–Crippen MR) is 64.4 cm³/mol. The number of aromatic nitrogens is 4. The molecular formula is C12H18N4. The highest BCUT2D eigenvalue weighted by Gasteiger charge is 2.16. The number of rotatable bonds is 1. The Hall–Kier alpha value is -1.58. The highest BCUT2D eigenvalue weighted by molar-refractivity contribution is 5.49. The van der Waals surface area contributed by atoms with Crippen LogP contribution in [0.2, 0.25) is 0 Å². The first kappa shape index (κ1) is 10.9. The summed E-state index contributed by atoms with van der Waals surface area (Å²) in [5.41, 5.74) is 4.51. The van der Waals surface area contributed by atoms with E-state index >= 15 is 0 Å². The van der Waals surface area contributed by atoms with Crippen LogP contribution in [0.25, 0.3) is 11.6 Å². The van der Waals surface area contributed by atoms with Crippen molar-refractivity contribution in [3.05, 3.63) is 22.8 Å². The monoisotopic (exact) mass is 218 g/mol. The lowest BCUT2D eigenvalue weighted by Crippen LogP contribution is -2.01. The van der Waals surface area contributed by atoms with Crippen molar-refractivity contribution in [3.63, 3.8) is 0 Å². The molecule has 0 fully saturated rings. The van der Waals surface area contributed by atoms with Gasteiger partial charge in [0.25, 0.3) is 0 Å². The number of aryl methyl sites for hydroxylation is 2. The summed E-state index contributed by atoms with van der Waals surface area (Å²) in [6, 6.07) is 0. The molecule has 2 aromatic heterocycles. The molecule has 0 amide bonds. The summed E-state index contributed by atoms with van der Waals surface area (Å²) >= 11 is 0. The number of hydrogen-bond donors (Lipinski definition) is 0. The summed E-state index contributed by atoms with van der Waals surface area (Å²) in [4.78, 5) is 9.15. The minimum atomic E-state index is 0.939. The molecule has 4 heteroatoms. The van der Waals surface area contributed by atoms with Crippen molar-refractivity contribution in [2.45, 2.75) is 27.7 Å². The third kappa shape index (κ3) is 1.37. The molecule has 0 bridgehead atoms. The van der Waals surface area contributed by atoms with Gasteiger partial charge in [-0.1, -0.05) is 0 Å². The van der Waals surface area contributed by atoms with Crippen LogP contribution in [0.15, 0.2) is 0 Å². The van der Waals surface area contributed by atoms with Crippen molar-refractivity contribution in [1.82, 2.24) is 19.1 Å². The summed E-state index contributed by atoms with van der Waals surface area (Å²) in [7, 11) is 4.06. The van der Waals surface area contributed by atoms with Crippen molar-refractivity contribution in [2.75, 3.05) is 0 Å². The summed E-state index contributed by atoms with van der Waals surface area (Å²) in [6.45, 7) is 8.21. The van der Waals surface area contributed by atoms with E-state index in [1.54, 1.807) is 0 Å². The molecule has 86 valence electrons. The summed E-state index contributed by atoms with van der Waals surface area (Å²) in [5, 5.41) is 0. The Labute approximate surface area is 96.0 Å². The van der Waals surface area contributed by atoms with E-state index in [1.165, 1.54) is 11.4 Å². The van der Waals surface area contributed by atoms with Gasteiger partial charge in [0.15, 0.2) is 11.6 Å². The molecule has 0 saturated carbocycles. The van der Waals surface area contributed by atoms with Crippen molar-refractivity contribution in [3.8, 4) is 11.6 Å². The van der Waals surface area contributed by atoms with Crippen molar-refractivity contribution >= 4 is 0 Å². The molecular weight excluding hydrogens is 200 g/mol. The number of imidazole rings is 2. The zero-order chi connectivity index (χ0) is 12.0. The SMILES string of the molecule is Cc1nc(-c2nc(C)c(C)n2C)n(C)c1C. The Morgan fingerprint density at radius 1 is 0.688 bits per heavy atom. The maximum absolute atomic E-state index is 4.57. The van der Waals surface area contributed by atoms with Crippen LogP contribution >= 0.6 is 0 Å². The van der Waals surface area contributed by atoms with E-state index in [0.717, 1.165) is 23.0 Å². The zero-order valence-electron chi connectivity index (χ0n) is 10.8. The minimum absolute atomic E-state index is 0.939. The van der Waals surface area contributed by atoms with Gasteiger partial charge in [-0.3, -0.25) is 0 Å². The van der Waals surface area contributed by atoms with Crippen LogP contribution in [0.5, 0.6) is 0 Å². The molecule has 0 aliphatic carbocycles. The molecule has 0 aliphatic heterocycles. The fraction of sp³-hybridized carbons (Fsp3) is 0.500. The number of nitrogens with zero attached hydrogens (tertiary/aromatic N) is 4. The molecule has 0 aromatic carbocycles. The second-order valence-corrected chi connectivity index (χ2v) is 4.33. The van der Waals surface area contributed by atoms with Gasteiger partial charge in [-0.15, -0.1) is 0 Å². The molecule has 0 aliphatic rings. The topological polar surface area (TPSA) is 35.6 Å². The Morgan fingerprint density at radius 3 is 1.19 bits per heavy atom. The highest BCUT2D eigenvalue weighted by atomic mass is 15.2. The standard InChI is InChI=1S/C12H18N4/c1-7-9(3)15(5)11(13-7)12-14-8(2)10(4)16(12)6/h1-6H3. The average molecular weight is 218 g/mol. The van der Waals surface area contributed by atoms with Crippen molar-refractivity contribution in [2.24, 2.45) is 14.1 Å². The van der Waals surface area contributed by atoms with Gasteiger partial charge in [0.05, 0.1) is 11.4 Å². The molecule has 4 nitrogen and oxygen atoms in total. The van der Waals surface area contributed by atoms with E-state index in [-0.39, 0.29) is 0 Å². The maximum atomic E-state index is 4.57. The van der Waals surface area contributed by atoms with Crippen molar-refractivity contribution < 1.29 is 0 Å². The molecule has 0 N–H and O–H groups in total. The van der Waals surface area contributed by atoms with Crippen LogP contribution in [0, 0.1) is 27.7 Å². The van der Waals surface area contributed by atoms with E-state index in [4.69, 9.17) is 0 Å². The van der Waals surface area contributed by atoms with Crippen LogP contribution in [0.1, 0.15) is 22.8 Å². The molecule has 0 radical (unpaired) electrons. The average Bonchev–Trinajstić information content (AvgIpc) is 2.64. The Bertz CT molecular complexity index is 496. The Kier molecular flexibility index (Phi) is 2.37. The van der Waals surface area contributed by atoms with Gasteiger partial charge >= 0.3 is 0 Å². The minimum Gasteiger partial charge on any atom is -0.329 e. The fourth-order valence-electron chi connectivity index (χ4n) is 1.83. The van der Waals surface area contributed by atoms with Gasteiger partial charge in [0, 0.05) is 25.5 Å². The summed E-state index contributed by atoms with van der Waals surface area (Å²) < 4.78 is 4.19. The Morgan fingerprint density at radius 2 is 1.00 bits per heavy atom. The first-order valence-electron chi connectivity index (χ1n) is 5.43. The maximum Gasteiger partial charge on any atom is 0.176 e. The van der Waals surface area contributed by atoms with Crippen molar-refractivity contribution in [1.29, 1.82) is 0 Å². The van der Waals surface area contributed by atoms with Gasteiger partial charge in [-0.05, 0) is 27.7 Å². The molecule has 16 heavy (non-hydrogen) atoms.